The lowest BCUT2D eigenvalue weighted by molar-refractivity contribution is -0.139. The second-order valence-electron chi connectivity index (χ2n) is 10.3. The topological polar surface area (TPSA) is 65.1 Å². The fourth-order valence-corrected chi connectivity index (χ4v) is 6.07. The predicted octanol–water partition coefficient (Wildman–Crippen LogP) is 4.57. The number of amides is 2. The van der Waals surface area contributed by atoms with Crippen LogP contribution >= 0.6 is 11.9 Å². The highest BCUT2D eigenvalue weighted by Crippen LogP contribution is 2.48. The molecule has 1 aromatic carbocycles. The lowest BCUT2D eigenvalue weighted by Gasteiger charge is -2.41. The maximum atomic E-state index is 13.6. The highest BCUT2D eigenvalue weighted by molar-refractivity contribution is 8.00. The zero-order valence-corrected chi connectivity index (χ0v) is 25.1. The van der Waals surface area contributed by atoms with Crippen molar-refractivity contribution >= 4 is 29.4 Å². The molecule has 1 aliphatic carbocycles. The van der Waals surface area contributed by atoms with Crippen molar-refractivity contribution in [2.75, 3.05) is 64.0 Å². The van der Waals surface area contributed by atoms with Crippen molar-refractivity contribution < 1.29 is 14.3 Å². The quantitative estimate of drug-likeness (QED) is 0.428. The summed E-state index contributed by atoms with van der Waals surface area (Å²) in [6.07, 6.45) is 15.4. The van der Waals surface area contributed by atoms with Crippen molar-refractivity contribution in [3.63, 3.8) is 0 Å². The van der Waals surface area contributed by atoms with E-state index in [0.717, 1.165) is 31.4 Å². The number of nitrogens with one attached hydrogen (secondary N) is 1. The number of fused-ring (bicyclic) bond motifs is 2. The second kappa shape index (κ2) is 15.3. The van der Waals surface area contributed by atoms with Gasteiger partial charge in [-0.2, -0.15) is 0 Å². The summed E-state index contributed by atoms with van der Waals surface area (Å²) in [7, 11) is 3.87. The Morgan fingerprint density at radius 3 is 2.62 bits per heavy atom. The number of rotatable bonds is 10. The zero-order chi connectivity index (χ0) is 28.3. The van der Waals surface area contributed by atoms with Gasteiger partial charge in [-0.05, 0) is 50.6 Å². The summed E-state index contributed by atoms with van der Waals surface area (Å²) in [5.41, 5.74) is 3.84. The summed E-state index contributed by atoms with van der Waals surface area (Å²) < 4.78 is 8.34. The maximum Gasteiger partial charge on any atom is 0.247 e. The third kappa shape index (κ3) is 8.22. The normalized spacial score (nSPS) is 18.3. The minimum absolute atomic E-state index is 0.0480. The van der Waals surface area contributed by atoms with Crippen LogP contribution in [0.2, 0.25) is 0 Å². The number of allylic oxidation sites excluding steroid dienone is 4. The number of hydrogen-bond donors (Lipinski definition) is 1. The number of para-hydroxylation sites is 1. The molecule has 4 rings (SSSR count). The van der Waals surface area contributed by atoms with Crippen molar-refractivity contribution in [1.29, 1.82) is 0 Å². The molecule has 1 atom stereocenters. The fraction of sp³-hybridized carbons (Fsp3) is 0.548. The van der Waals surface area contributed by atoms with Crippen LogP contribution in [0.5, 0.6) is 0 Å². The molecule has 2 amide bonds. The Balaban J connectivity index is 0.00000205. The molecule has 214 valence electrons. The molecule has 0 bridgehead atoms. The number of carbonyl (C=O) groups excluding carboxylic acids is 2. The maximum absolute atomic E-state index is 13.6. The van der Waals surface area contributed by atoms with Gasteiger partial charge in [0.1, 0.15) is 6.04 Å². The van der Waals surface area contributed by atoms with E-state index in [2.05, 4.69) is 52.3 Å². The largest absolute Gasteiger partial charge is 0.374 e. The first kappa shape index (κ1) is 31.0. The molecule has 8 heteroatoms. The van der Waals surface area contributed by atoms with Gasteiger partial charge < -0.3 is 24.2 Å². The van der Waals surface area contributed by atoms with Crippen LogP contribution in [0.3, 0.4) is 0 Å². The van der Waals surface area contributed by atoms with Crippen LogP contribution in [0.15, 0.2) is 60.2 Å². The number of benzene rings is 1. The Morgan fingerprint density at radius 1 is 1.15 bits per heavy atom. The molecule has 3 aliphatic rings. The Morgan fingerprint density at radius 2 is 1.90 bits per heavy atom. The Labute approximate surface area is 239 Å². The molecule has 1 saturated heterocycles. The first-order valence-corrected chi connectivity index (χ1v) is 15.3. The highest BCUT2D eigenvalue weighted by Gasteiger charge is 2.45. The van der Waals surface area contributed by atoms with Crippen molar-refractivity contribution in [3.8, 4) is 0 Å². The Bertz CT molecular complexity index is 1040. The lowest BCUT2D eigenvalue weighted by Crippen LogP contribution is -2.55. The van der Waals surface area contributed by atoms with E-state index in [1.54, 1.807) is 11.9 Å². The number of piperidine rings is 1. The van der Waals surface area contributed by atoms with Gasteiger partial charge in [0.05, 0.1) is 18.9 Å². The van der Waals surface area contributed by atoms with E-state index in [1.165, 1.54) is 11.3 Å². The van der Waals surface area contributed by atoms with Gasteiger partial charge in [-0.3, -0.25) is 9.59 Å². The van der Waals surface area contributed by atoms with Crippen LogP contribution < -0.4 is 9.62 Å². The van der Waals surface area contributed by atoms with E-state index < -0.39 is 6.04 Å². The first-order chi connectivity index (χ1) is 18.9. The summed E-state index contributed by atoms with van der Waals surface area (Å²) in [5, 5.41) is 2.97. The van der Waals surface area contributed by atoms with E-state index in [1.807, 2.05) is 56.0 Å². The average Bonchev–Trinajstić information content (AvgIpc) is 3.08. The van der Waals surface area contributed by atoms with Gasteiger partial charge in [-0.15, -0.1) is 0 Å². The predicted molar refractivity (Wildman–Crippen MR) is 163 cm³/mol. The summed E-state index contributed by atoms with van der Waals surface area (Å²) in [6, 6.07) is 7.98. The molecule has 0 radical (unpaired) electrons. The van der Waals surface area contributed by atoms with Crippen LogP contribution in [0.1, 0.15) is 45.1 Å². The third-order valence-electron chi connectivity index (χ3n) is 7.49. The van der Waals surface area contributed by atoms with Gasteiger partial charge in [-0.1, -0.05) is 74.4 Å². The fourth-order valence-electron chi connectivity index (χ4n) is 5.34. The van der Waals surface area contributed by atoms with Crippen LogP contribution in [-0.2, 0) is 19.7 Å². The van der Waals surface area contributed by atoms with Crippen LogP contribution in [-0.4, -0.2) is 87.4 Å². The number of anilines is 1. The molecule has 0 saturated carbocycles. The monoisotopic (exact) mass is 554 g/mol. The van der Waals surface area contributed by atoms with Crippen LogP contribution in [0.25, 0.3) is 0 Å². The van der Waals surface area contributed by atoms with Crippen molar-refractivity contribution in [1.82, 2.24) is 15.1 Å². The SMILES string of the molecule is CC.CSN1CC2(CCN(C(=O)C(COCC3=CCC=CC=C3)NC(=O)CCN(C)C)CC2)c2ccccc21. The molecular formula is C31H46N4O3S. The molecule has 1 unspecified atom stereocenters. The molecular weight excluding hydrogens is 508 g/mol. The first-order valence-electron chi connectivity index (χ1n) is 14.2. The standard InChI is InChI=1S/C29H40N4O3S.C2H6/c1-31(2)17-14-27(34)30-25(21-36-20-23-10-6-4-5-7-11-23)28(35)32-18-15-29(16-19-32)22-33(37-3)26-13-9-8-12-24(26)29;1-2/h4-6,8-13,25H,7,14-22H2,1-3H3,(H,30,34);1-2H3. The van der Waals surface area contributed by atoms with E-state index in [0.29, 0.717) is 32.7 Å². The smallest absolute Gasteiger partial charge is 0.247 e. The number of nitrogens with zero attached hydrogens (tertiary/aromatic N) is 3. The highest BCUT2D eigenvalue weighted by atomic mass is 32.2. The number of hydrogen-bond acceptors (Lipinski definition) is 6. The number of likely N-dealkylation sites (tertiary alicyclic amines) is 1. The second-order valence-corrected chi connectivity index (χ2v) is 11.1. The summed E-state index contributed by atoms with van der Waals surface area (Å²) >= 11 is 1.76. The van der Waals surface area contributed by atoms with Gasteiger partial charge in [-0.25, -0.2) is 0 Å². The van der Waals surface area contributed by atoms with Gasteiger partial charge >= 0.3 is 0 Å². The van der Waals surface area contributed by atoms with E-state index in [-0.39, 0.29) is 23.8 Å². The zero-order valence-electron chi connectivity index (χ0n) is 24.3. The molecule has 2 heterocycles. The molecule has 1 spiro atoms. The average molecular weight is 555 g/mol. The van der Waals surface area contributed by atoms with Crippen molar-refractivity contribution in [2.45, 2.75) is 51.0 Å². The van der Waals surface area contributed by atoms with E-state index >= 15 is 0 Å². The lowest BCUT2D eigenvalue weighted by atomic mass is 9.74. The minimum atomic E-state index is -0.684. The van der Waals surface area contributed by atoms with Gasteiger partial charge in [0, 0.05) is 44.3 Å². The van der Waals surface area contributed by atoms with Gasteiger partial charge in [0.2, 0.25) is 11.8 Å². The Kier molecular flexibility index (Phi) is 12.2. The molecule has 7 nitrogen and oxygen atoms in total. The number of carbonyl (C=O) groups is 2. The number of ether oxygens (including phenoxy) is 1. The van der Waals surface area contributed by atoms with Crippen molar-refractivity contribution in [2.24, 2.45) is 0 Å². The molecule has 1 fully saturated rings. The van der Waals surface area contributed by atoms with Crippen LogP contribution in [0.4, 0.5) is 5.69 Å². The molecule has 1 N–H and O–H groups in total. The molecule has 39 heavy (non-hydrogen) atoms. The minimum Gasteiger partial charge on any atom is -0.374 e. The third-order valence-corrected chi connectivity index (χ3v) is 8.26. The molecule has 0 aromatic heterocycles. The van der Waals surface area contributed by atoms with E-state index in [4.69, 9.17) is 4.74 Å². The van der Waals surface area contributed by atoms with E-state index in [9.17, 15) is 9.59 Å². The molecule has 1 aromatic rings. The van der Waals surface area contributed by atoms with Gasteiger partial charge in [0.15, 0.2) is 0 Å². The van der Waals surface area contributed by atoms with Gasteiger partial charge in [0.25, 0.3) is 0 Å². The Hall–Kier alpha value is -2.55. The summed E-state index contributed by atoms with van der Waals surface area (Å²) in [6.45, 7) is 7.55. The van der Waals surface area contributed by atoms with Crippen LogP contribution in [0, 0.1) is 0 Å². The molecule has 2 aliphatic heterocycles. The van der Waals surface area contributed by atoms with Crippen molar-refractivity contribution in [3.05, 3.63) is 65.8 Å². The summed E-state index contributed by atoms with van der Waals surface area (Å²) in [5.74, 6) is -0.171. The summed E-state index contributed by atoms with van der Waals surface area (Å²) in [4.78, 5) is 30.2.